The van der Waals surface area contributed by atoms with Gasteiger partial charge in [-0.2, -0.15) is 0 Å². The maximum Gasteiger partial charge on any atom is 0.410 e. The minimum absolute atomic E-state index is 0. The zero-order chi connectivity index (χ0) is 67.7. The summed E-state index contributed by atoms with van der Waals surface area (Å²) in [5, 5.41) is 13.3. The van der Waals surface area contributed by atoms with Crippen LogP contribution in [0.25, 0.3) is 33.1 Å². The number of fused-ring (bicyclic) bond motifs is 3. The molecule has 520 valence electrons. The summed E-state index contributed by atoms with van der Waals surface area (Å²) in [4.78, 5) is 152. The first-order chi connectivity index (χ1) is 43.9. The summed E-state index contributed by atoms with van der Waals surface area (Å²) >= 11 is 0. The molecule has 31 heteroatoms. The van der Waals surface area contributed by atoms with E-state index in [0.717, 1.165) is 60.4 Å². The van der Waals surface area contributed by atoms with Gasteiger partial charge in [-0.15, -0.1) is 0 Å². The van der Waals surface area contributed by atoms with Gasteiger partial charge in [-0.1, -0.05) is 37.8 Å². The Morgan fingerprint density at radius 3 is 1.22 bits per heavy atom. The number of ether oxygens (including phenoxy) is 2. The van der Waals surface area contributed by atoms with E-state index >= 15 is 0 Å². The summed E-state index contributed by atoms with van der Waals surface area (Å²) in [6, 6.07) is 15.3. The predicted octanol–water partition coefficient (Wildman–Crippen LogP) is 2.68. The number of piperidine rings is 3. The van der Waals surface area contributed by atoms with Gasteiger partial charge in [-0.3, -0.25) is 86.7 Å². The van der Waals surface area contributed by atoms with Crippen molar-refractivity contribution in [2.45, 2.75) is 148 Å². The number of carbonyl (C=O) groups is 9. The van der Waals surface area contributed by atoms with E-state index in [0.29, 0.717) is 73.0 Å². The normalized spacial score (nSPS) is 19.3. The number of imidazole rings is 3. The zero-order valence-electron chi connectivity index (χ0n) is 55.6. The van der Waals surface area contributed by atoms with Crippen LogP contribution in [0.4, 0.5) is 9.59 Å². The maximum absolute atomic E-state index is 13.1. The third-order valence-electron chi connectivity index (χ3n) is 17.5. The van der Waals surface area contributed by atoms with Crippen LogP contribution in [-0.4, -0.2) is 191 Å². The number of aryl methyl sites for hydroxylation is 3. The molecule has 8 amide bonds. The molecule has 6 aliphatic rings. The van der Waals surface area contributed by atoms with Crippen LogP contribution >= 0.6 is 0 Å². The molecule has 3 aromatic heterocycles. The minimum atomic E-state index is -0.735. The van der Waals surface area contributed by atoms with Crippen molar-refractivity contribution in [1.29, 1.82) is 0 Å². The second kappa shape index (κ2) is 31.7. The van der Waals surface area contributed by atoms with Gasteiger partial charge in [0.25, 0.3) is 0 Å². The van der Waals surface area contributed by atoms with Crippen molar-refractivity contribution in [1.82, 2.24) is 73.6 Å². The summed E-state index contributed by atoms with van der Waals surface area (Å²) in [6.07, 6.45) is 1.68. The number of likely N-dealkylation sites (N-methyl/N-ethyl adjacent to an activating group) is 3. The van der Waals surface area contributed by atoms with E-state index in [2.05, 4.69) is 36.4 Å². The molecule has 96 heavy (non-hydrogen) atoms. The third-order valence-corrected chi connectivity index (χ3v) is 17.5. The Balaban J connectivity index is 0.000000209. The number of para-hydroxylation sites is 3. The molecule has 29 nitrogen and oxygen atoms in total. The fourth-order valence-electron chi connectivity index (χ4n) is 12.3. The molecule has 9 heterocycles. The number of likely N-dealkylation sites (tertiary alicyclic amines) is 2. The van der Waals surface area contributed by atoms with Crippen molar-refractivity contribution in [3.8, 4) is 0 Å². The molecular weight excluding hydrogens is 1580 g/mol. The van der Waals surface area contributed by atoms with Gasteiger partial charge in [0.15, 0.2) is 6.29 Å². The van der Waals surface area contributed by atoms with Crippen LogP contribution in [0.2, 0.25) is 0 Å². The standard InChI is InChI=1S/C23H31N5O5.C18H23N5O3.C14H13N3O4.C9H18N2O2.CH4.2W/c1-23(2,3)33-22(32)25(4)15-12-27(13-15)11-14-7-6-8-16-19(14)26(5)21(31)28(16)17-9-10-18(29)24-20(17)30;1-19-12-9-22(10-12)8-11-4-3-5-13-16(11)21(2)18(26)23(13)14-6-7-15(24)20-17(14)25;1-16-12-8(7-18)3-2-4-9(12)17(14(16)21)10-5-6-11(19)15-13(10)20;1-9(2,3)13-8(12)11(4)7-5-10-6-7;;;/h6-8,15,17H,9-13H2,1-5H3,(H,24,29,30);3-5,12,14,19H,6-10H2,1-2H3,(H,20,24,25);2-4,7,10H,5-6H2,1H3,(H,15,19,20);7,10H,5-6H2,1-4H3;1H4;;. The maximum atomic E-state index is 13.1. The second-order valence-corrected chi connectivity index (χ2v) is 26.5. The summed E-state index contributed by atoms with van der Waals surface area (Å²) in [6.45, 7) is 17.6. The number of amides is 8. The molecule has 6 aliphatic heterocycles. The average molecular weight is 1670 g/mol. The van der Waals surface area contributed by atoms with Crippen LogP contribution in [0.15, 0.2) is 69.0 Å². The number of rotatable bonds is 11. The molecule has 3 aromatic carbocycles. The van der Waals surface area contributed by atoms with Crippen LogP contribution in [0, 0.1) is 0 Å². The molecule has 12 rings (SSSR count). The molecule has 3 atom stereocenters. The van der Waals surface area contributed by atoms with Gasteiger partial charge < -0.3 is 29.9 Å². The summed E-state index contributed by atoms with van der Waals surface area (Å²) < 4.78 is 19.6. The van der Waals surface area contributed by atoms with E-state index in [9.17, 15) is 57.5 Å². The third kappa shape index (κ3) is 16.8. The van der Waals surface area contributed by atoms with Crippen LogP contribution in [0.3, 0.4) is 0 Å². The Hall–Kier alpha value is -7.68. The molecule has 5 N–H and O–H groups in total. The van der Waals surface area contributed by atoms with Crippen molar-refractivity contribution < 1.29 is 94.8 Å². The van der Waals surface area contributed by atoms with Crippen molar-refractivity contribution in [2.75, 3.05) is 60.4 Å². The van der Waals surface area contributed by atoms with Crippen molar-refractivity contribution >= 4 is 87.0 Å². The molecule has 0 aliphatic carbocycles. The SMILES string of the molecule is C.CN(C(=O)OC(C)(C)C)C1CN(Cc2cccc3c2n(C)c(=O)n3C2CCC(=O)NC2=O)C1.CN(C(=O)OC(C)(C)C)C1CNC1.CNC1CN(Cc2cccc3c2n(C)c(=O)n3C2CCC(=O)NC2=O)C1.Cn1c(=O)n(C2CCC(=O)NC2=O)c2cccc(C=O)c21.[W].[W]. The summed E-state index contributed by atoms with van der Waals surface area (Å²) in [5.41, 5.74) is 4.67. The number of benzene rings is 3. The molecular formula is C65H89N15O14W2. The fraction of sp³-hybridized carbons (Fsp3) is 0.538. The van der Waals surface area contributed by atoms with Gasteiger partial charge >= 0.3 is 29.3 Å². The molecule has 3 unspecified atom stereocenters. The van der Waals surface area contributed by atoms with E-state index in [1.165, 1.54) is 18.3 Å². The quantitative estimate of drug-likeness (QED) is 0.0920. The number of nitrogens with zero attached hydrogens (tertiary/aromatic N) is 10. The van der Waals surface area contributed by atoms with Crippen LogP contribution < -0.4 is 43.7 Å². The minimum Gasteiger partial charge on any atom is -0.444 e. The van der Waals surface area contributed by atoms with Gasteiger partial charge in [0.2, 0.25) is 35.4 Å². The largest absolute Gasteiger partial charge is 0.444 e. The average Bonchev–Trinajstić information content (AvgIpc) is 1.59. The number of hydrogen-bond donors (Lipinski definition) is 5. The van der Waals surface area contributed by atoms with Crippen molar-refractivity contribution in [2.24, 2.45) is 21.1 Å². The van der Waals surface area contributed by atoms with Gasteiger partial charge in [0, 0.05) is 161 Å². The van der Waals surface area contributed by atoms with Crippen LogP contribution in [0.5, 0.6) is 0 Å². The number of imide groups is 3. The van der Waals surface area contributed by atoms with Crippen LogP contribution in [-0.2, 0) is 115 Å². The summed E-state index contributed by atoms with van der Waals surface area (Å²) in [7, 11) is 10.5. The Morgan fingerprint density at radius 1 is 0.542 bits per heavy atom. The van der Waals surface area contributed by atoms with Gasteiger partial charge in [0.1, 0.15) is 29.3 Å². The fourth-order valence-corrected chi connectivity index (χ4v) is 12.3. The Kier molecular flexibility index (Phi) is 25.5. The monoisotopic (exact) mass is 1670 g/mol. The molecule has 0 spiro atoms. The zero-order valence-corrected chi connectivity index (χ0v) is 61.5. The summed E-state index contributed by atoms with van der Waals surface area (Å²) in [5.74, 6) is -2.26. The smallest absolute Gasteiger partial charge is 0.410 e. The number of aromatic nitrogens is 6. The van der Waals surface area contributed by atoms with Crippen molar-refractivity contribution in [3.63, 3.8) is 0 Å². The van der Waals surface area contributed by atoms with E-state index in [1.807, 2.05) is 85.0 Å². The van der Waals surface area contributed by atoms with E-state index in [-0.39, 0.29) is 128 Å². The number of aldehydes is 1. The number of hydrogen-bond acceptors (Lipinski definition) is 18. The van der Waals surface area contributed by atoms with Gasteiger partial charge in [-0.25, -0.2) is 24.0 Å². The Morgan fingerprint density at radius 2 is 0.885 bits per heavy atom. The second-order valence-electron chi connectivity index (χ2n) is 26.5. The molecule has 6 fully saturated rings. The van der Waals surface area contributed by atoms with Gasteiger partial charge in [-0.05, 0) is 103 Å². The van der Waals surface area contributed by atoms with E-state index in [4.69, 9.17) is 9.47 Å². The van der Waals surface area contributed by atoms with E-state index in [1.54, 1.807) is 72.4 Å². The molecule has 6 saturated heterocycles. The topological polar surface area (TPSA) is 326 Å². The van der Waals surface area contributed by atoms with E-state index < -0.39 is 47.0 Å². The van der Waals surface area contributed by atoms with Gasteiger partial charge in [0.05, 0.1) is 45.2 Å². The number of nitrogens with one attached hydrogen (secondary N) is 5. The Bertz CT molecular complexity index is 4120. The molecule has 0 bridgehead atoms. The predicted molar refractivity (Wildman–Crippen MR) is 350 cm³/mol. The first-order valence-corrected chi connectivity index (χ1v) is 31.2. The molecule has 6 aromatic rings. The van der Waals surface area contributed by atoms with Crippen molar-refractivity contribution in [3.05, 3.63) is 103 Å². The first kappa shape index (κ1) is 77.3. The molecule has 0 saturated carbocycles. The first-order valence-electron chi connectivity index (χ1n) is 31.2. The Labute approximate surface area is 584 Å². The van der Waals surface area contributed by atoms with Crippen LogP contribution in [0.1, 0.15) is 127 Å². The number of carbonyl (C=O) groups excluding carboxylic acids is 9. The molecule has 0 radical (unpaired) electrons.